The second-order valence-electron chi connectivity index (χ2n) is 8.97. The average Bonchev–Trinajstić information content (AvgIpc) is 3.37. The minimum atomic E-state index is -0.0945. The summed E-state index contributed by atoms with van der Waals surface area (Å²) in [6.07, 6.45) is 8.05. The van der Waals surface area contributed by atoms with Crippen LogP contribution in [0.15, 0.2) is 24.4 Å². The predicted octanol–water partition coefficient (Wildman–Crippen LogP) is 2.16. The maximum absolute atomic E-state index is 13.2. The highest BCUT2D eigenvalue weighted by Crippen LogP contribution is 2.31. The summed E-state index contributed by atoms with van der Waals surface area (Å²) in [5.41, 5.74) is 1.58. The van der Waals surface area contributed by atoms with Gasteiger partial charge in [0.05, 0.1) is 17.6 Å². The van der Waals surface area contributed by atoms with Crippen LogP contribution in [0.3, 0.4) is 0 Å². The Morgan fingerprint density at radius 3 is 2.76 bits per heavy atom. The molecule has 3 saturated heterocycles. The third-order valence-electron chi connectivity index (χ3n) is 7.09. The van der Waals surface area contributed by atoms with Crippen molar-refractivity contribution in [2.45, 2.75) is 56.7 Å². The highest BCUT2D eigenvalue weighted by molar-refractivity contribution is 5.98. The number of H-pyrrole nitrogens is 1. The number of nitrogens with zero attached hydrogens (tertiary/aromatic N) is 3. The lowest BCUT2D eigenvalue weighted by Gasteiger charge is -2.39. The second-order valence-corrected chi connectivity index (χ2v) is 8.97. The number of aromatic amines is 1. The molecule has 3 aliphatic heterocycles. The quantitative estimate of drug-likeness (QED) is 0.835. The van der Waals surface area contributed by atoms with Gasteiger partial charge in [-0.25, -0.2) is 0 Å². The number of fused-ring (bicyclic) bond motifs is 3. The summed E-state index contributed by atoms with van der Waals surface area (Å²) in [6, 6.07) is 7.07. The maximum atomic E-state index is 13.2. The van der Waals surface area contributed by atoms with Gasteiger partial charge in [0.2, 0.25) is 5.91 Å². The van der Waals surface area contributed by atoms with Gasteiger partial charge < -0.3 is 15.1 Å². The fraction of sp³-hybridized carbons (Fsp3) is 0.591. The largest absolute Gasteiger partial charge is 0.342 e. The molecule has 0 saturated carbocycles. The number of benzene rings is 1. The van der Waals surface area contributed by atoms with Crippen LogP contribution in [0.5, 0.6) is 0 Å². The topological polar surface area (TPSA) is 81.3 Å². The Kier molecular flexibility index (Phi) is 4.78. The van der Waals surface area contributed by atoms with Gasteiger partial charge >= 0.3 is 0 Å². The van der Waals surface area contributed by atoms with E-state index < -0.39 is 0 Å². The zero-order chi connectivity index (χ0) is 20.0. The van der Waals surface area contributed by atoms with E-state index in [1.165, 1.54) is 12.8 Å². The number of hydrogen-bond acceptors (Lipinski definition) is 4. The Balaban J connectivity index is 1.26. The standard InChI is InChI=1S/C22H29N5O2/c1-26(19-10-17-5-6-18(11-19)24-17)21(28)15-3-2-8-27(13-15)22(29)14-4-7-20-16(9-14)12-23-25-20/h4,7,9,12,15,17-19,24H,2-3,5-6,8,10-11,13H2,1H3,(H,23,25). The molecule has 3 unspecified atom stereocenters. The summed E-state index contributed by atoms with van der Waals surface area (Å²) in [7, 11) is 1.96. The lowest BCUT2D eigenvalue weighted by Crippen LogP contribution is -2.52. The van der Waals surface area contributed by atoms with Crippen LogP contribution in [-0.4, -0.2) is 70.1 Å². The highest BCUT2D eigenvalue weighted by Gasteiger charge is 2.38. The minimum absolute atomic E-state index is 0.00756. The molecular weight excluding hydrogens is 366 g/mol. The Morgan fingerprint density at radius 1 is 1.17 bits per heavy atom. The van der Waals surface area contributed by atoms with Gasteiger partial charge in [-0.3, -0.25) is 14.7 Å². The van der Waals surface area contributed by atoms with Crippen molar-refractivity contribution < 1.29 is 9.59 Å². The van der Waals surface area contributed by atoms with E-state index >= 15 is 0 Å². The number of nitrogens with one attached hydrogen (secondary N) is 2. The molecule has 0 aliphatic carbocycles. The first kappa shape index (κ1) is 18.6. The van der Waals surface area contributed by atoms with Crippen LogP contribution in [0.4, 0.5) is 0 Å². The van der Waals surface area contributed by atoms with Gasteiger partial charge in [0.15, 0.2) is 0 Å². The highest BCUT2D eigenvalue weighted by atomic mass is 16.2. The molecule has 2 N–H and O–H groups in total. The Labute approximate surface area is 170 Å². The molecule has 154 valence electrons. The van der Waals surface area contributed by atoms with Gasteiger partial charge in [-0.1, -0.05) is 0 Å². The van der Waals surface area contributed by atoms with Crippen LogP contribution in [0.25, 0.3) is 10.9 Å². The monoisotopic (exact) mass is 395 g/mol. The summed E-state index contributed by atoms with van der Waals surface area (Å²) in [4.78, 5) is 30.1. The van der Waals surface area contributed by atoms with Crippen LogP contribution >= 0.6 is 0 Å². The van der Waals surface area contributed by atoms with Crippen LogP contribution in [-0.2, 0) is 4.79 Å². The molecule has 7 nitrogen and oxygen atoms in total. The van der Waals surface area contributed by atoms with Crippen molar-refractivity contribution in [3.8, 4) is 0 Å². The molecule has 1 aromatic heterocycles. The minimum Gasteiger partial charge on any atom is -0.342 e. The van der Waals surface area contributed by atoms with E-state index in [1.54, 1.807) is 6.20 Å². The third-order valence-corrected chi connectivity index (χ3v) is 7.09. The van der Waals surface area contributed by atoms with Crippen molar-refractivity contribution in [3.63, 3.8) is 0 Å². The molecule has 3 atom stereocenters. The van der Waals surface area contributed by atoms with Crippen molar-refractivity contribution >= 4 is 22.7 Å². The molecule has 2 aromatic rings. The lowest BCUT2D eigenvalue weighted by molar-refractivity contribution is -0.138. The summed E-state index contributed by atoms with van der Waals surface area (Å²) < 4.78 is 0. The number of hydrogen-bond donors (Lipinski definition) is 2. The van der Waals surface area contributed by atoms with E-state index in [2.05, 4.69) is 15.5 Å². The van der Waals surface area contributed by atoms with Crippen LogP contribution in [0, 0.1) is 5.92 Å². The number of aromatic nitrogens is 2. The zero-order valence-electron chi connectivity index (χ0n) is 16.9. The number of carbonyl (C=O) groups is 2. The lowest BCUT2D eigenvalue weighted by atomic mass is 9.93. The van der Waals surface area contributed by atoms with E-state index in [0.29, 0.717) is 36.8 Å². The Bertz CT molecular complexity index is 913. The molecular formula is C22H29N5O2. The normalized spacial score (nSPS) is 29.2. The molecule has 7 heteroatoms. The van der Waals surface area contributed by atoms with Gasteiger partial charge in [-0.2, -0.15) is 5.10 Å². The Morgan fingerprint density at radius 2 is 1.97 bits per heavy atom. The number of likely N-dealkylation sites (tertiary alicyclic amines) is 1. The molecule has 3 aliphatic rings. The van der Waals surface area contributed by atoms with Gasteiger partial charge in [-0.05, 0) is 56.7 Å². The second kappa shape index (κ2) is 7.44. The molecule has 5 rings (SSSR count). The average molecular weight is 396 g/mol. The summed E-state index contributed by atoms with van der Waals surface area (Å²) in [5.74, 6) is 0.121. The maximum Gasteiger partial charge on any atom is 0.253 e. The van der Waals surface area contributed by atoms with Gasteiger partial charge in [0, 0.05) is 49.2 Å². The molecule has 2 amide bonds. The van der Waals surface area contributed by atoms with Crippen molar-refractivity contribution in [1.82, 2.24) is 25.3 Å². The third kappa shape index (κ3) is 3.52. The van der Waals surface area contributed by atoms with Crippen molar-refractivity contribution in [3.05, 3.63) is 30.0 Å². The molecule has 3 fully saturated rings. The van der Waals surface area contributed by atoms with Crippen LogP contribution in [0.2, 0.25) is 0 Å². The Hall–Kier alpha value is -2.41. The van der Waals surface area contributed by atoms with E-state index in [4.69, 9.17) is 0 Å². The SMILES string of the molecule is CN(C(=O)C1CCCN(C(=O)c2ccc3[nH]ncc3c2)C1)C1CC2CCC(C1)N2. The molecule has 4 heterocycles. The number of amides is 2. The molecule has 0 spiro atoms. The van der Waals surface area contributed by atoms with Crippen LogP contribution in [0.1, 0.15) is 48.9 Å². The first-order valence-corrected chi connectivity index (χ1v) is 10.8. The smallest absolute Gasteiger partial charge is 0.253 e. The number of piperidine rings is 2. The van der Waals surface area contributed by atoms with Gasteiger partial charge in [0.1, 0.15) is 0 Å². The fourth-order valence-electron chi connectivity index (χ4n) is 5.43. The van der Waals surface area contributed by atoms with E-state index in [1.807, 2.05) is 35.0 Å². The van der Waals surface area contributed by atoms with E-state index in [9.17, 15) is 9.59 Å². The fourth-order valence-corrected chi connectivity index (χ4v) is 5.43. The number of rotatable bonds is 3. The summed E-state index contributed by atoms with van der Waals surface area (Å²) >= 11 is 0. The molecule has 1 aromatic carbocycles. The van der Waals surface area contributed by atoms with E-state index in [-0.39, 0.29) is 17.7 Å². The molecule has 2 bridgehead atoms. The number of carbonyl (C=O) groups excluding carboxylic acids is 2. The van der Waals surface area contributed by atoms with Crippen LogP contribution < -0.4 is 5.32 Å². The van der Waals surface area contributed by atoms with Crippen molar-refractivity contribution in [2.24, 2.45) is 5.92 Å². The van der Waals surface area contributed by atoms with Crippen molar-refractivity contribution in [1.29, 1.82) is 0 Å². The first-order valence-electron chi connectivity index (χ1n) is 10.8. The predicted molar refractivity (Wildman–Crippen MR) is 110 cm³/mol. The van der Waals surface area contributed by atoms with Crippen molar-refractivity contribution in [2.75, 3.05) is 20.1 Å². The van der Waals surface area contributed by atoms with Gasteiger partial charge in [-0.15, -0.1) is 0 Å². The summed E-state index contributed by atoms with van der Waals surface area (Å²) in [6.45, 7) is 1.23. The zero-order valence-corrected chi connectivity index (χ0v) is 16.9. The summed E-state index contributed by atoms with van der Waals surface area (Å²) in [5, 5.41) is 11.5. The first-order chi connectivity index (χ1) is 14.1. The molecule has 29 heavy (non-hydrogen) atoms. The van der Waals surface area contributed by atoms with Gasteiger partial charge in [0.25, 0.3) is 5.91 Å². The molecule has 0 radical (unpaired) electrons. The van der Waals surface area contributed by atoms with E-state index in [0.717, 1.165) is 36.6 Å².